The fraction of sp³-hybridized carbons (Fsp3) is 0.238. The van der Waals surface area contributed by atoms with Gasteiger partial charge in [-0.1, -0.05) is 18.2 Å². The highest BCUT2D eigenvalue weighted by Crippen LogP contribution is 2.19. The Hall–Kier alpha value is -3.08. The standard InChI is InChI=1S/C21H23N3O2/c1-21(2,3)26-17-11-9-15(10-12-17)14-22-23-20(25)19-13-16-7-5-6-8-18(16)24(19)4/h5-14H,1-4H3,(H,23,25)/b22-14+. The first-order valence-electron chi connectivity index (χ1n) is 8.50. The van der Waals surface area contributed by atoms with Crippen LogP contribution in [0.3, 0.4) is 0 Å². The van der Waals surface area contributed by atoms with Crippen molar-refractivity contribution in [3.05, 3.63) is 65.9 Å². The minimum Gasteiger partial charge on any atom is -0.488 e. The lowest BCUT2D eigenvalue weighted by atomic mass is 10.2. The Morgan fingerprint density at radius 2 is 1.81 bits per heavy atom. The lowest BCUT2D eigenvalue weighted by Crippen LogP contribution is -2.22. The smallest absolute Gasteiger partial charge is 0.287 e. The van der Waals surface area contributed by atoms with E-state index >= 15 is 0 Å². The maximum Gasteiger partial charge on any atom is 0.287 e. The Morgan fingerprint density at radius 3 is 2.46 bits per heavy atom. The van der Waals surface area contributed by atoms with Gasteiger partial charge in [-0.15, -0.1) is 0 Å². The molecular formula is C21H23N3O2. The maximum absolute atomic E-state index is 12.4. The van der Waals surface area contributed by atoms with E-state index < -0.39 is 0 Å². The molecule has 134 valence electrons. The summed E-state index contributed by atoms with van der Waals surface area (Å²) in [4.78, 5) is 12.4. The van der Waals surface area contributed by atoms with E-state index in [-0.39, 0.29) is 11.5 Å². The van der Waals surface area contributed by atoms with Gasteiger partial charge in [-0.05, 0) is 62.7 Å². The molecule has 3 aromatic rings. The van der Waals surface area contributed by atoms with Crippen LogP contribution in [-0.2, 0) is 7.05 Å². The van der Waals surface area contributed by atoms with Gasteiger partial charge in [-0.3, -0.25) is 4.79 Å². The number of aryl methyl sites for hydroxylation is 1. The number of nitrogens with zero attached hydrogens (tertiary/aromatic N) is 2. The second-order valence-electron chi connectivity index (χ2n) is 7.13. The number of carbonyl (C=O) groups excluding carboxylic acids is 1. The maximum atomic E-state index is 12.4. The molecule has 0 aliphatic heterocycles. The Bertz CT molecular complexity index is 948. The van der Waals surface area contributed by atoms with E-state index in [2.05, 4.69) is 10.5 Å². The number of nitrogens with one attached hydrogen (secondary N) is 1. The number of para-hydroxylation sites is 1. The van der Waals surface area contributed by atoms with Crippen LogP contribution in [-0.4, -0.2) is 22.3 Å². The van der Waals surface area contributed by atoms with Gasteiger partial charge in [0.2, 0.25) is 0 Å². The van der Waals surface area contributed by atoms with Crippen LogP contribution in [0.5, 0.6) is 5.75 Å². The SMILES string of the molecule is Cn1c(C(=O)N/N=C/c2ccc(OC(C)(C)C)cc2)cc2ccccc21. The third-order valence-corrected chi connectivity index (χ3v) is 3.87. The van der Waals surface area contributed by atoms with Crippen LogP contribution >= 0.6 is 0 Å². The largest absolute Gasteiger partial charge is 0.488 e. The highest BCUT2D eigenvalue weighted by molar-refractivity contribution is 5.99. The molecule has 1 heterocycles. The number of hydrogen-bond donors (Lipinski definition) is 1. The number of hydrazone groups is 1. The summed E-state index contributed by atoms with van der Waals surface area (Å²) in [5.74, 6) is 0.557. The van der Waals surface area contributed by atoms with Crippen molar-refractivity contribution in [2.45, 2.75) is 26.4 Å². The summed E-state index contributed by atoms with van der Waals surface area (Å²) in [6.45, 7) is 6.01. The third-order valence-electron chi connectivity index (χ3n) is 3.87. The molecule has 5 nitrogen and oxygen atoms in total. The van der Waals surface area contributed by atoms with Gasteiger partial charge in [-0.25, -0.2) is 5.43 Å². The molecule has 3 rings (SSSR count). The van der Waals surface area contributed by atoms with Crippen molar-refractivity contribution in [1.82, 2.24) is 9.99 Å². The van der Waals surface area contributed by atoms with Crippen molar-refractivity contribution in [2.24, 2.45) is 12.1 Å². The van der Waals surface area contributed by atoms with Gasteiger partial charge in [0.15, 0.2) is 0 Å². The molecule has 0 atom stereocenters. The first-order chi connectivity index (χ1) is 12.3. The molecular weight excluding hydrogens is 326 g/mol. The molecule has 0 radical (unpaired) electrons. The summed E-state index contributed by atoms with van der Waals surface area (Å²) in [5, 5.41) is 5.08. The molecule has 0 aliphatic carbocycles. The highest BCUT2D eigenvalue weighted by atomic mass is 16.5. The molecule has 2 aromatic carbocycles. The number of hydrogen-bond acceptors (Lipinski definition) is 3. The van der Waals surface area contributed by atoms with Crippen molar-refractivity contribution < 1.29 is 9.53 Å². The van der Waals surface area contributed by atoms with E-state index in [4.69, 9.17) is 4.74 Å². The first kappa shape index (κ1) is 17.7. The molecule has 1 N–H and O–H groups in total. The Morgan fingerprint density at radius 1 is 1.12 bits per heavy atom. The van der Waals surface area contributed by atoms with Crippen LogP contribution in [0.25, 0.3) is 10.9 Å². The van der Waals surface area contributed by atoms with Crippen LogP contribution in [0.4, 0.5) is 0 Å². The third kappa shape index (κ3) is 4.11. The van der Waals surface area contributed by atoms with Crippen LogP contribution in [0, 0.1) is 0 Å². The average Bonchev–Trinajstić information content (AvgIpc) is 2.92. The average molecular weight is 349 g/mol. The summed E-state index contributed by atoms with van der Waals surface area (Å²) < 4.78 is 7.64. The minimum absolute atomic E-state index is 0.234. The quantitative estimate of drug-likeness (QED) is 0.569. The molecule has 0 fully saturated rings. The van der Waals surface area contributed by atoms with Gasteiger partial charge in [0, 0.05) is 18.0 Å². The number of ether oxygens (including phenoxy) is 1. The van der Waals surface area contributed by atoms with Crippen molar-refractivity contribution in [3.8, 4) is 5.75 Å². The monoisotopic (exact) mass is 349 g/mol. The molecule has 1 aromatic heterocycles. The number of aromatic nitrogens is 1. The topological polar surface area (TPSA) is 55.6 Å². The van der Waals surface area contributed by atoms with E-state index in [1.165, 1.54) is 0 Å². The van der Waals surface area contributed by atoms with Crippen molar-refractivity contribution >= 4 is 23.0 Å². The number of benzene rings is 2. The lowest BCUT2D eigenvalue weighted by molar-refractivity contribution is 0.0947. The van der Waals surface area contributed by atoms with Crippen LogP contribution < -0.4 is 10.2 Å². The zero-order chi connectivity index (χ0) is 18.7. The second kappa shape index (κ2) is 7.04. The predicted octanol–water partition coefficient (Wildman–Crippen LogP) is 4.12. The molecule has 26 heavy (non-hydrogen) atoms. The molecule has 0 spiro atoms. The zero-order valence-corrected chi connectivity index (χ0v) is 15.5. The van der Waals surface area contributed by atoms with Crippen LogP contribution in [0.1, 0.15) is 36.8 Å². The van der Waals surface area contributed by atoms with Crippen LogP contribution in [0.15, 0.2) is 59.7 Å². The van der Waals surface area contributed by atoms with E-state index in [0.29, 0.717) is 5.69 Å². The van der Waals surface area contributed by atoms with Gasteiger partial charge < -0.3 is 9.30 Å². The van der Waals surface area contributed by atoms with E-state index in [1.54, 1.807) is 6.21 Å². The zero-order valence-electron chi connectivity index (χ0n) is 15.5. The summed E-state index contributed by atoms with van der Waals surface area (Å²) >= 11 is 0. The summed E-state index contributed by atoms with van der Waals surface area (Å²) in [6.07, 6.45) is 1.61. The Kier molecular flexibility index (Phi) is 4.80. The predicted molar refractivity (Wildman–Crippen MR) is 105 cm³/mol. The summed E-state index contributed by atoms with van der Waals surface area (Å²) in [7, 11) is 1.87. The van der Waals surface area contributed by atoms with E-state index in [1.807, 2.05) is 87.0 Å². The molecule has 0 aliphatic rings. The molecule has 0 saturated heterocycles. The number of rotatable bonds is 4. The molecule has 0 bridgehead atoms. The summed E-state index contributed by atoms with van der Waals surface area (Å²) in [6, 6.07) is 17.3. The number of fused-ring (bicyclic) bond motifs is 1. The van der Waals surface area contributed by atoms with Crippen molar-refractivity contribution in [3.63, 3.8) is 0 Å². The molecule has 5 heteroatoms. The van der Waals surface area contributed by atoms with Crippen LogP contribution in [0.2, 0.25) is 0 Å². The normalized spacial score (nSPS) is 11.8. The Labute approximate surface area is 153 Å². The number of amides is 1. The van der Waals surface area contributed by atoms with Crippen molar-refractivity contribution in [2.75, 3.05) is 0 Å². The molecule has 0 unspecified atom stereocenters. The van der Waals surface area contributed by atoms with E-state index in [0.717, 1.165) is 22.2 Å². The molecule has 0 saturated carbocycles. The lowest BCUT2D eigenvalue weighted by Gasteiger charge is -2.21. The second-order valence-corrected chi connectivity index (χ2v) is 7.13. The van der Waals surface area contributed by atoms with Gasteiger partial charge in [-0.2, -0.15) is 5.10 Å². The van der Waals surface area contributed by atoms with Crippen molar-refractivity contribution in [1.29, 1.82) is 0 Å². The fourth-order valence-corrected chi connectivity index (χ4v) is 2.70. The summed E-state index contributed by atoms with van der Waals surface area (Å²) in [5.41, 5.74) is 4.80. The van der Waals surface area contributed by atoms with Gasteiger partial charge in [0.1, 0.15) is 17.0 Å². The minimum atomic E-state index is -0.243. The van der Waals surface area contributed by atoms with Gasteiger partial charge in [0.25, 0.3) is 5.91 Å². The highest BCUT2D eigenvalue weighted by Gasteiger charge is 2.12. The first-order valence-corrected chi connectivity index (χ1v) is 8.50. The van der Waals surface area contributed by atoms with Gasteiger partial charge >= 0.3 is 0 Å². The van der Waals surface area contributed by atoms with E-state index in [9.17, 15) is 4.79 Å². The van der Waals surface area contributed by atoms with Gasteiger partial charge in [0.05, 0.1) is 6.21 Å². The molecule has 1 amide bonds. The Balaban J connectivity index is 1.66. The fourth-order valence-electron chi connectivity index (χ4n) is 2.70. The number of carbonyl (C=O) groups is 1.